The molecule has 0 spiro atoms. The first kappa shape index (κ1) is 19.5. The van der Waals surface area contributed by atoms with E-state index >= 15 is 0 Å². The van der Waals surface area contributed by atoms with Gasteiger partial charge in [-0.15, -0.1) is 22.7 Å². The molecular weight excluding hydrogens is 402 g/mol. The second-order valence-corrected chi connectivity index (χ2v) is 8.94. The number of amides is 1. The quantitative estimate of drug-likeness (QED) is 0.412. The van der Waals surface area contributed by atoms with E-state index in [1.807, 2.05) is 67.8 Å². The Morgan fingerprint density at radius 3 is 2.59 bits per heavy atom. The number of carbonyl (C=O) groups excluding carboxylic acids is 1. The number of thiazole rings is 2. The minimum Gasteiger partial charge on any atom is -0.491 e. The van der Waals surface area contributed by atoms with E-state index < -0.39 is 0 Å². The van der Waals surface area contributed by atoms with Crippen LogP contribution in [0.5, 0.6) is 5.75 Å². The lowest BCUT2D eigenvalue weighted by atomic mass is 10.2. The van der Waals surface area contributed by atoms with E-state index in [9.17, 15) is 4.79 Å². The molecule has 0 saturated carbocycles. The summed E-state index contributed by atoms with van der Waals surface area (Å²) in [4.78, 5) is 23.6. The summed E-state index contributed by atoms with van der Waals surface area (Å²) >= 11 is 3.08. The Balaban J connectivity index is 1.45. The van der Waals surface area contributed by atoms with Gasteiger partial charge in [-0.3, -0.25) is 4.79 Å². The van der Waals surface area contributed by atoms with Crippen molar-refractivity contribution in [2.75, 3.05) is 7.05 Å². The summed E-state index contributed by atoms with van der Waals surface area (Å²) in [5.74, 6) is 0.721. The topological polar surface area (TPSA) is 55.3 Å². The molecule has 0 saturated heterocycles. The number of hydrogen-bond donors (Lipinski definition) is 0. The van der Waals surface area contributed by atoms with Crippen LogP contribution in [0.25, 0.3) is 20.8 Å². The molecule has 1 amide bonds. The summed E-state index contributed by atoms with van der Waals surface area (Å²) in [6.07, 6.45) is 0.135. The number of rotatable bonds is 6. The number of benzene rings is 2. The van der Waals surface area contributed by atoms with Crippen LogP contribution in [-0.2, 0) is 6.54 Å². The molecule has 29 heavy (non-hydrogen) atoms. The molecule has 0 radical (unpaired) electrons. The van der Waals surface area contributed by atoms with Crippen LogP contribution in [0, 0.1) is 0 Å². The predicted octanol–water partition coefficient (Wildman–Crippen LogP) is 5.48. The molecule has 2 heterocycles. The molecule has 4 aromatic rings. The van der Waals surface area contributed by atoms with Crippen LogP contribution in [0.15, 0.2) is 53.9 Å². The van der Waals surface area contributed by atoms with E-state index in [4.69, 9.17) is 4.74 Å². The zero-order valence-corrected chi connectivity index (χ0v) is 18.1. The molecule has 0 N–H and O–H groups in total. The first-order valence-corrected chi connectivity index (χ1v) is 11.0. The zero-order valence-electron chi connectivity index (χ0n) is 16.5. The number of para-hydroxylation sites is 1. The average molecular weight is 424 g/mol. The van der Waals surface area contributed by atoms with Gasteiger partial charge in [-0.2, -0.15) is 0 Å². The summed E-state index contributed by atoms with van der Waals surface area (Å²) in [6.45, 7) is 4.46. The molecule has 0 unspecified atom stereocenters. The first-order valence-electron chi connectivity index (χ1n) is 9.32. The van der Waals surface area contributed by atoms with Gasteiger partial charge in [-0.05, 0) is 50.2 Å². The van der Waals surface area contributed by atoms with Crippen molar-refractivity contribution in [2.24, 2.45) is 0 Å². The number of aromatic nitrogens is 2. The van der Waals surface area contributed by atoms with Gasteiger partial charge in [0.1, 0.15) is 21.5 Å². The maximum absolute atomic E-state index is 12.8. The molecule has 7 heteroatoms. The summed E-state index contributed by atoms with van der Waals surface area (Å²) in [7, 11) is 1.78. The summed E-state index contributed by atoms with van der Waals surface area (Å²) in [5.41, 5.74) is 2.39. The number of fused-ring (bicyclic) bond motifs is 1. The highest BCUT2D eigenvalue weighted by Gasteiger charge is 2.18. The largest absolute Gasteiger partial charge is 0.491 e. The number of ether oxygens (including phenoxy) is 1. The van der Waals surface area contributed by atoms with Crippen molar-refractivity contribution in [3.63, 3.8) is 0 Å². The predicted molar refractivity (Wildman–Crippen MR) is 119 cm³/mol. The molecule has 4 rings (SSSR count). The molecule has 5 nitrogen and oxygen atoms in total. The van der Waals surface area contributed by atoms with Crippen molar-refractivity contribution in [2.45, 2.75) is 26.5 Å². The van der Waals surface area contributed by atoms with Gasteiger partial charge in [-0.25, -0.2) is 9.97 Å². The Kier molecular flexibility index (Phi) is 5.60. The maximum atomic E-state index is 12.8. The molecule has 0 bridgehead atoms. The fraction of sp³-hybridized carbons (Fsp3) is 0.227. The minimum absolute atomic E-state index is 0.105. The Hall–Kier alpha value is -2.77. The molecule has 2 aromatic heterocycles. The molecule has 0 aliphatic heterocycles. The Labute approximate surface area is 177 Å². The van der Waals surface area contributed by atoms with Crippen molar-refractivity contribution < 1.29 is 9.53 Å². The van der Waals surface area contributed by atoms with Crippen molar-refractivity contribution in [3.8, 4) is 16.3 Å². The smallest absolute Gasteiger partial charge is 0.273 e. The van der Waals surface area contributed by atoms with Crippen LogP contribution in [0.3, 0.4) is 0 Å². The van der Waals surface area contributed by atoms with Crippen LogP contribution >= 0.6 is 22.7 Å². The number of hydrogen-bond acceptors (Lipinski definition) is 6. The molecule has 0 atom stereocenters. The third kappa shape index (κ3) is 4.46. The lowest BCUT2D eigenvalue weighted by molar-refractivity contribution is 0.0780. The van der Waals surface area contributed by atoms with Crippen LogP contribution < -0.4 is 4.74 Å². The van der Waals surface area contributed by atoms with Crippen LogP contribution in [0.4, 0.5) is 0 Å². The fourth-order valence-corrected chi connectivity index (χ4v) is 4.73. The van der Waals surface area contributed by atoms with Gasteiger partial charge >= 0.3 is 0 Å². The van der Waals surface area contributed by atoms with E-state index in [2.05, 4.69) is 9.97 Å². The van der Waals surface area contributed by atoms with Crippen LogP contribution in [0.2, 0.25) is 0 Å². The van der Waals surface area contributed by atoms with E-state index in [0.717, 1.165) is 31.5 Å². The van der Waals surface area contributed by atoms with Gasteiger partial charge in [-0.1, -0.05) is 12.1 Å². The van der Waals surface area contributed by atoms with Gasteiger partial charge in [0.25, 0.3) is 5.91 Å². The van der Waals surface area contributed by atoms with Crippen molar-refractivity contribution in [1.29, 1.82) is 0 Å². The normalized spacial score (nSPS) is 11.2. The average Bonchev–Trinajstić information content (AvgIpc) is 3.34. The maximum Gasteiger partial charge on any atom is 0.273 e. The van der Waals surface area contributed by atoms with Crippen LogP contribution in [0.1, 0.15) is 29.3 Å². The van der Waals surface area contributed by atoms with Crippen molar-refractivity contribution in [1.82, 2.24) is 14.9 Å². The van der Waals surface area contributed by atoms with Crippen LogP contribution in [-0.4, -0.2) is 33.9 Å². The van der Waals surface area contributed by atoms with Gasteiger partial charge in [0.15, 0.2) is 0 Å². The lowest BCUT2D eigenvalue weighted by Gasteiger charge is -2.13. The summed E-state index contributed by atoms with van der Waals surface area (Å²) in [5, 5.41) is 3.54. The van der Waals surface area contributed by atoms with E-state index in [1.165, 1.54) is 11.3 Å². The summed E-state index contributed by atoms with van der Waals surface area (Å²) in [6, 6.07) is 15.8. The second-order valence-electron chi connectivity index (χ2n) is 6.97. The third-order valence-electron chi connectivity index (χ3n) is 4.25. The fourth-order valence-electron chi connectivity index (χ4n) is 2.91. The molecule has 0 aliphatic rings. The molecule has 148 valence electrons. The highest BCUT2D eigenvalue weighted by molar-refractivity contribution is 7.18. The highest BCUT2D eigenvalue weighted by Crippen LogP contribution is 2.27. The number of nitrogens with zero attached hydrogens (tertiary/aromatic N) is 3. The minimum atomic E-state index is -0.105. The van der Waals surface area contributed by atoms with E-state index in [-0.39, 0.29) is 12.0 Å². The Morgan fingerprint density at radius 2 is 1.86 bits per heavy atom. The molecular formula is C22H21N3O2S2. The second kappa shape index (κ2) is 8.31. The van der Waals surface area contributed by atoms with Crippen molar-refractivity contribution >= 4 is 38.8 Å². The molecule has 0 aliphatic carbocycles. The highest BCUT2D eigenvalue weighted by atomic mass is 32.1. The number of carbonyl (C=O) groups is 1. The standard InChI is InChI=1S/C22H21N3O2S2/c1-14(2)27-16-10-8-15(9-11-16)21-24-18(13-28-21)22(26)25(3)12-20-23-17-6-4-5-7-19(17)29-20/h4-11,13-14H,12H2,1-3H3. The Bertz CT molecular complexity index is 1100. The molecule has 2 aromatic carbocycles. The van der Waals surface area contributed by atoms with Gasteiger partial charge in [0, 0.05) is 18.0 Å². The SMILES string of the molecule is CC(C)Oc1ccc(-c2nc(C(=O)N(C)Cc3nc4ccccc4s3)cs2)cc1. The Morgan fingerprint density at radius 1 is 1.10 bits per heavy atom. The monoisotopic (exact) mass is 423 g/mol. The van der Waals surface area contributed by atoms with Gasteiger partial charge in [0.2, 0.25) is 0 Å². The first-order chi connectivity index (χ1) is 14.0. The third-order valence-corrected chi connectivity index (χ3v) is 6.17. The lowest BCUT2D eigenvalue weighted by Crippen LogP contribution is -2.26. The summed E-state index contributed by atoms with van der Waals surface area (Å²) < 4.78 is 6.80. The zero-order chi connectivity index (χ0) is 20.4. The van der Waals surface area contributed by atoms with E-state index in [0.29, 0.717) is 12.2 Å². The van der Waals surface area contributed by atoms with E-state index in [1.54, 1.807) is 23.3 Å². The molecule has 0 fully saturated rings. The van der Waals surface area contributed by atoms with Gasteiger partial charge in [0.05, 0.1) is 22.9 Å². The van der Waals surface area contributed by atoms with Gasteiger partial charge < -0.3 is 9.64 Å². The van der Waals surface area contributed by atoms with Crippen molar-refractivity contribution in [3.05, 3.63) is 64.6 Å².